The molecule has 1 aliphatic rings. The van der Waals surface area contributed by atoms with Gasteiger partial charge in [-0.2, -0.15) is 0 Å². The van der Waals surface area contributed by atoms with Crippen LogP contribution < -0.4 is 16.4 Å². The number of rotatable bonds is 7. The maximum Gasteiger partial charge on any atom is 0.408 e. The number of nitrogens with one attached hydrogen (secondary N) is 2. The summed E-state index contributed by atoms with van der Waals surface area (Å²) in [6, 6.07) is 10.2. The van der Waals surface area contributed by atoms with Gasteiger partial charge < -0.3 is 26.6 Å². The normalized spacial score (nSPS) is 17.1. The molecular weight excluding hydrogens is 535 g/mol. The molecule has 1 unspecified atom stereocenters. The Labute approximate surface area is 227 Å². The Hall–Kier alpha value is -4.09. The fourth-order valence-corrected chi connectivity index (χ4v) is 4.72. The highest BCUT2D eigenvalue weighted by molar-refractivity contribution is 6.36. The van der Waals surface area contributed by atoms with E-state index in [0.29, 0.717) is 44.7 Å². The van der Waals surface area contributed by atoms with Gasteiger partial charge in [0.2, 0.25) is 0 Å². The number of hydrogen-bond donors (Lipinski definition) is 5. The standard InChI is InChI=1S/C25H24Cl2N6O5/c26-17-5-2-6-18(27)16(17)11-30-22-21(28)29-12-19(32-22)13-3-1-4-14(9-13)23(34)31-15-7-8-33(25(37)38)20(10-15)24(35)36/h1-6,9,12,15,20H,7-8,10-11H2,(H2,28,29)(H,30,32)(H,31,34)(H,35,36)(H,37,38)/t15?,20-/m1/s1. The van der Waals surface area contributed by atoms with Gasteiger partial charge in [0, 0.05) is 45.9 Å². The summed E-state index contributed by atoms with van der Waals surface area (Å²) >= 11 is 12.5. The molecule has 0 radical (unpaired) electrons. The van der Waals surface area contributed by atoms with Crippen molar-refractivity contribution >= 4 is 52.8 Å². The molecule has 2 heterocycles. The lowest BCUT2D eigenvalue weighted by Gasteiger charge is -2.35. The zero-order valence-electron chi connectivity index (χ0n) is 19.9. The van der Waals surface area contributed by atoms with E-state index in [1.54, 1.807) is 42.5 Å². The summed E-state index contributed by atoms with van der Waals surface area (Å²) in [5, 5.41) is 25.5. The third-order valence-electron chi connectivity index (χ3n) is 6.18. The molecule has 198 valence electrons. The second-order valence-corrected chi connectivity index (χ2v) is 9.46. The van der Waals surface area contributed by atoms with Crippen LogP contribution in [0.1, 0.15) is 28.8 Å². The van der Waals surface area contributed by atoms with Crippen LogP contribution in [0, 0.1) is 0 Å². The van der Waals surface area contributed by atoms with Gasteiger partial charge in [0.15, 0.2) is 11.6 Å². The first-order valence-corrected chi connectivity index (χ1v) is 12.3. The van der Waals surface area contributed by atoms with Crippen molar-refractivity contribution in [3.63, 3.8) is 0 Å². The quantitative estimate of drug-likeness (QED) is 0.287. The van der Waals surface area contributed by atoms with E-state index in [9.17, 15) is 24.6 Å². The summed E-state index contributed by atoms with van der Waals surface area (Å²) in [7, 11) is 0. The number of amides is 2. The fourth-order valence-electron chi connectivity index (χ4n) is 4.19. The molecule has 1 fully saturated rings. The van der Waals surface area contributed by atoms with Gasteiger partial charge in [-0.15, -0.1) is 0 Å². The minimum Gasteiger partial charge on any atom is -0.480 e. The van der Waals surface area contributed by atoms with E-state index >= 15 is 0 Å². The summed E-state index contributed by atoms with van der Waals surface area (Å²) in [6.07, 6.45) is 0.457. The zero-order chi connectivity index (χ0) is 27.4. The third kappa shape index (κ3) is 6.06. The molecule has 0 saturated carbocycles. The van der Waals surface area contributed by atoms with Crippen molar-refractivity contribution < 1.29 is 24.6 Å². The second kappa shape index (κ2) is 11.5. The maximum absolute atomic E-state index is 13.0. The number of carboxylic acids is 1. The Morgan fingerprint density at radius 3 is 2.50 bits per heavy atom. The van der Waals surface area contributed by atoms with Crippen LogP contribution in [0.4, 0.5) is 16.4 Å². The predicted molar refractivity (Wildman–Crippen MR) is 142 cm³/mol. The number of halogens is 2. The summed E-state index contributed by atoms with van der Waals surface area (Å²) < 4.78 is 0. The van der Waals surface area contributed by atoms with E-state index in [2.05, 4.69) is 20.6 Å². The number of carboxylic acid groups (broad SMARTS) is 2. The number of anilines is 2. The van der Waals surface area contributed by atoms with Gasteiger partial charge in [-0.1, -0.05) is 41.4 Å². The Bertz CT molecular complexity index is 1370. The number of carbonyl (C=O) groups excluding carboxylic acids is 1. The zero-order valence-corrected chi connectivity index (χ0v) is 21.4. The largest absolute Gasteiger partial charge is 0.480 e. The van der Waals surface area contributed by atoms with E-state index in [4.69, 9.17) is 28.9 Å². The summed E-state index contributed by atoms with van der Waals surface area (Å²) in [5.74, 6) is -1.18. The van der Waals surface area contributed by atoms with Crippen LogP contribution in [0.2, 0.25) is 10.0 Å². The highest BCUT2D eigenvalue weighted by Crippen LogP contribution is 2.27. The Morgan fingerprint density at radius 2 is 1.82 bits per heavy atom. The van der Waals surface area contributed by atoms with E-state index in [-0.39, 0.29) is 25.3 Å². The van der Waals surface area contributed by atoms with Gasteiger partial charge in [0.25, 0.3) is 5.91 Å². The number of carbonyl (C=O) groups is 3. The number of hydrogen-bond acceptors (Lipinski definition) is 7. The van der Waals surface area contributed by atoms with Crippen LogP contribution in [0.25, 0.3) is 11.3 Å². The van der Waals surface area contributed by atoms with Crippen LogP contribution in [0.15, 0.2) is 48.7 Å². The van der Waals surface area contributed by atoms with Gasteiger partial charge >= 0.3 is 12.1 Å². The molecule has 0 bridgehead atoms. The molecule has 0 aliphatic carbocycles. The molecule has 2 amide bonds. The number of aliphatic carboxylic acids is 1. The first-order valence-electron chi connectivity index (χ1n) is 11.6. The van der Waals surface area contributed by atoms with Gasteiger partial charge in [-0.25, -0.2) is 19.6 Å². The smallest absolute Gasteiger partial charge is 0.408 e. The molecule has 3 aromatic rings. The van der Waals surface area contributed by atoms with E-state index in [1.807, 2.05) is 0 Å². The second-order valence-electron chi connectivity index (χ2n) is 8.65. The molecule has 13 heteroatoms. The molecule has 11 nitrogen and oxygen atoms in total. The summed E-state index contributed by atoms with van der Waals surface area (Å²) in [6.45, 7) is 0.273. The number of piperidine rings is 1. The topological polar surface area (TPSA) is 171 Å². The number of aromatic nitrogens is 2. The molecule has 38 heavy (non-hydrogen) atoms. The minimum atomic E-state index is -1.30. The highest BCUT2D eigenvalue weighted by atomic mass is 35.5. The monoisotopic (exact) mass is 558 g/mol. The first-order chi connectivity index (χ1) is 18.1. The lowest BCUT2D eigenvalue weighted by Crippen LogP contribution is -2.54. The summed E-state index contributed by atoms with van der Waals surface area (Å²) in [4.78, 5) is 45.4. The van der Waals surface area contributed by atoms with Crippen molar-refractivity contribution in [1.29, 1.82) is 0 Å². The number of benzene rings is 2. The van der Waals surface area contributed by atoms with Crippen LogP contribution in [0.3, 0.4) is 0 Å². The lowest BCUT2D eigenvalue weighted by molar-refractivity contribution is -0.144. The Morgan fingerprint density at radius 1 is 1.11 bits per heavy atom. The van der Waals surface area contributed by atoms with Gasteiger partial charge in [-0.3, -0.25) is 9.69 Å². The fraction of sp³-hybridized carbons (Fsp3) is 0.240. The van der Waals surface area contributed by atoms with Gasteiger partial charge in [-0.05, 0) is 37.1 Å². The Kier molecular flexibility index (Phi) is 8.18. The van der Waals surface area contributed by atoms with Crippen LogP contribution >= 0.6 is 23.2 Å². The number of nitrogens with two attached hydrogens (primary N) is 1. The number of nitrogens with zero attached hydrogens (tertiary/aromatic N) is 3. The van der Waals surface area contributed by atoms with Crippen molar-refractivity contribution in [3.8, 4) is 11.3 Å². The first kappa shape index (κ1) is 27.0. The average molecular weight is 559 g/mol. The molecule has 0 spiro atoms. The molecule has 2 atom stereocenters. The van der Waals surface area contributed by atoms with Crippen molar-refractivity contribution in [1.82, 2.24) is 20.2 Å². The molecule has 2 aromatic carbocycles. The molecular formula is C25H24Cl2N6O5. The molecule has 6 N–H and O–H groups in total. The van der Waals surface area contributed by atoms with Crippen molar-refractivity contribution in [3.05, 3.63) is 69.8 Å². The van der Waals surface area contributed by atoms with Crippen molar-refractivity contribution in [2.75, 3.05) is 17.6 Å². The summed E-state index contributed by atoms with van der Waals surface area (Å²) in [5.41, 5.74) is 8.07. The third-order valence-corrected chi connectivity index (χ3v) is 6.89. The van der Waals surface area contributed by atoms with Gasteiger partial charge in [0.1, 0.15) is 6.04 Å². The average Bonchev–Trinajstić information content (AvgIpc) is 2.89. The molecule has 4 rings (SSSR count). The Balaban J connectivity index is 1.48. The van der Waals surface area contributed by atoms with Crippen molar-refractivity contribution in [2.45, 2.75) is 31.5 Å². The van der Waals surface area contributed by atoms with E-state index in [1.165, 1.54) is 6.20 Å². The van der Waals surface area contributed by atoms with Crippen LogP contribution in [-0.4, -0.2) is 61.7 Å². The highest BCUT2D eigenvalue weighted by Gasteiger charge is 2.36. The predicted octanol–water partition coefficient (Wildman–Crippen LogP) is 3.97. The van der Waals surface area contributed by atoms with Crippen molar-refractivity contribution in [2.24, 2.45) is 0 Å². The lowest BCUT2D eigenvalue weighted by atomic mass is 9.97. The maximum atomic E-state index is 13.0. The molecule has 1 aromatic heterocycles. The number of nitrogen functional groups attached to an aromatic ring is 1. The van der Waals surface area contributed by atoms with E-state index in [0.717, 1.165) is 4.90 Å². The minimum absolute atomic E-state index is 0.00744. The van der Waals surface area contributed by atoms with Gasteiger partial charge in [0.05, 0.1) is 11.9 Å². The molecule has 1 aliphatic heterocycles. The molecule has 1 saturated heterocycles. The SMILES string of the molecule is Nc1ncc(-c2cccc(C(=O)NC3CCN(C(=O)O)[C@@H](C(=O)O)C3)c2)nc1NCc1c(Cl)cccc1Cl. The number of likely N-dealkylation sites (tertiary alicyclic amines) is 1. The van der Waals surface area contributed by atoms with Crippen LogP contribution in [0.5, 0.6) is 0 Å². The van der Waals surface area contributed by atoms with Crippen LogP contribution in [-0.2, 0) is 11.3 Å². The van der Waals surface area contributed by atoms with E-state index < -0.39 is 30.1 Å².